The Kier molecular flexibility index (Phi) is 4.38. The first-order valence-electron chi connectivity index (χ1n) is 5.07. The molecule has 90 valence electrons. The minimum atomic E-state index is -0.873. The minimum absolute atomic E-state index is 0.0186. The molecule has 0 aliphatic carbocycles. The summed E-state index contributed by atoms with van der Waals surface area (Å²) < 4.78 is 30.8. The summed E-state index contributed by atoms with van der Waals surface area (Å²) in [5.74, 6) is -1.73. The third-order valence-electron chi connectivity index (χ3n) is 2.17. The standard InChI is InChI=1S/C12H16F2O2/c1-12(2,7-15)8-16-6-9-3-4-10(13)11(14)5-9/h3-5,15H,6-8H2,1-2H3. The largest absolute Gasteiger partial charge is 0.396 e. The van der Waals surface area contributed by atoms with E-state index in [2.05, 4.69) is 0 Å². The second-order valence-electron chi connectivity index (χ2n) is 4.56. The normalized spacial score (nSPS) is 11.8. The molecular formula is C12H16F2O2. The highest BCUT2D eigenvalue weighted by Gasteiger charge is 2.16. The van der Waals surface area contributed by atoms with Crippen molar-refractivity contribution in [2.24, 2.45) is 5.41 Å². The van der Waals surface area contributed by atoms with Gasteiger partial charge in [-0.15, -0.1) is 0 Å². The van der Waals surface area contributed by atoms with Crippen LogP contribution in [0.3, 0.4) is 0 Å². The summed E-state index contributed by atoms with van der Waals surface area (Å²) in [7, 11) is 0. The quantitative estimate of drug-likeness (QED) is 0.842. The third kappa shape index (κ3) is 3.87. The van der Waals surface area contributed by atoms with Crippen molar-refractivity contribution in [3.05, 3.63) is 35.4 Å². The molecule has 0 aromatic heterocycles. The van der Waals surface area contributed by atoms with Crippen LogP contribution in [-0.2, 0) is 11.3 Å². The fourth-order valence-corrected chi connectivity index (χ4v) is 1.12. The number of hydrogen-bond donors (Lipinski definition) is 1. The van der Waals surface area contributed by atoms with Crippen LogP contribution in [0, 0.1) is 17.0 Å². The summed E-state index contributed by atoms with van der Waals surface area (Å²) in [6.45, 7) is 4.31. The first-order chi connectivity index (χ1) is 7.44. The molecule has 0 aliphatic rings. The van der Waals surface area contributed by atoms with Crippen molar-refractivity contribution in [1.29, 1.82) is 0 Å². The van der Waals surface area contributed by atoms with Gasteiger partial charge in [0, 0.05) is 5.41 Å². The number of hydrogen-bond acceptors (Lipinski definition) is 2. The highest BCUT2D eigenvalue weighted by atomic mass is 19.2. The van der Waals surface area contributed by atoms with Crippen molar-refractivity contribution in [2.75, 3.05) is 13.2 Å². The number of halogens is 2. The van der Waals surface area contributed by atoms with Gasteiger partial charge in [-0.25, -0.2) is 8.78 Å². The van der Waals surface area contributed by atoms with Gasteiger partial charge in [0.25, 0.3) is 0 Å². The molecule has 0 amide bonds. The number of rotatable bonds is 5. The van der Waals surface area contributed by atoms with Crippen LogP contribution < -0.4 is 0 Å². The maximum Gasteiger partial charge on any atom is 0.159 e. The molecule has 16 heavy (non-hydrogen) atoms. The van der Waals surface area contributed by atoms with Gasteiger partial charge >= 0.3 is 0 Å². The zero-order valence-electron chi connectivity index (χ0n) is 9.46. The molecule has 1 N–H and O–H groups in total. The van der Waals surface area contributed by atoms with Crippen molar-refractivity contribution in [2.45, 2.75) is 20.5 Å². The van der Waals surface area contributed by atoms with E-state index in [9.17, 15) is 8.78 Å². The molecular weight excluding hydrogens is 214 g/mol. The van der Waals surface area contributed by atoms with E-state index in [0.29, 0.717) is 12.2 Å². The Balaban J connectivity index is 2.46. The van der Waals surface area contributed by atoms with E-state index in [0.717, 1.165) is 12.1 Å². The van der Waals surface area contributed by atoms with Crippen LogP contribution in [0.4, 0.5) is 8.78 Å². The fourth-order valence-electron chi connectivity index (χ4n) is 1.12. The predicted octanol–water partition coefficient (Wildman–Crippen LogP) is 2.50. The van der Waals surface area contributed by atoms with Gasteiger partial charge in [0.15, 0.2) is 11.6 Å². The molecule has 2 nitrogen and oxygen atoms in total. The lowest BCUT2D eigenvalue weighted by Gasteiger charge is -2.21. The van der Waals surface area contributed by atoms with Crippen molar-refractivity contribution >= 4 is 0 Å². The second kappa shape index (κ2) is 5.37. The van der Waals surface area contributed by atoms with Crippen molar-refractivity contribution < 1.29 is 18.6 Å². The molecule has 1 aromatic rings. The van der Waals surface area contributed by atoms with Gasteiger partial charge in [-0.3, -0.25) is 0 Å². The van der Waals surface area contributed by atoms with Crippen LogP contribution in [0.2, 0.25) is 0 Å². The Morgan fingerprint density at radius 2 is 1.94 bits per heavy atom. The molecule has 0 radical (unpaired) electrons. The van der Waals surface area contributed by atoms with Crippen molar-refractivity contribution in [3.8, 4) is 0 Å². The van der Waals surface area contributed by atoms with Gasteiger partial charge in [-0.2, -0.15) is 0 Å². The molecule has 1 rings (SSSR count). The van der Waals surface area contributed by atoms with E-state index in [1.165, 1.54) is 6.07 Å². The highest BCUT2D eigenvalue weighted by molar-refractivity contribution is 5.16. The van der Waals surface area contributed by atoms with E-state index in [1.807, 2.05) is 13.8 Å². The topological polar surface area (TPSA) is 29.5 Å². The van der Waals surface area contributed by atoms with Crippen LogP contribution >= 0.6 is 0 Å². The Morgan fingerprint density at radius 3 is 2.50 bits per heavy atom. The minimum Gasteiger partial charge on any atom is -0.396 e. The lowest BCUT2D eigenvalue weighted by molar-refractivity contribution is 0.0196. The molecule has 0 heterocycles. The Hall–Kier alpha value is -1.00. The molecule has 0 saturated heterocycles. The molecule has 0 atom stereocenters. The van der Waals surface area contributed by atoms with Gasteiger partial charge in [0.1, 0.15) is 0 Å². The number of aliphatic hydroxyl groups is 1. The van der Waals surface area contributed by atoms with Gasteiger partial charge in [-0.05, 0) is 17.7 Å². The Bertz CT molecular complexity index is 351. The van der Waals surface area contributed by atoms with Crippen LogP contribution in [0.1, 0.15) is 19.4 Å². The van der Waals surface area contributed by atoms with E-state index < -0.39 is 11.6 Å². The molecule has 0 unspecified atom stereocenters. The second-order valence-corrected chi connectivity index (χ2v) is 4.56. The zero-order valence-corrected chi connectivity index (χ0v) is 9.46. The average molecular weight is 230 g/mol. The molecule has 0 spiro atoms. The van der Waals surface area contributed by atoms with Crippen LogP contribution in [0.25, 0.3) is 0 Å². The summed E-state index contributed by atoms with van der Waals surface area (Å²) in [4.78, 5) is 0. The van der Waals surface area contributed by atoms with Crippen molar-refractivity contribution in [1.82, 2.24) is 0 Å². The molecule has 4 heteroatoms. The SMILES string of the molecule is CC(C)(CO)COCc1ccc(F)c(F)c1. The van der Waals surface area contributed by atoms with Gasteiger partial charge in [-0.1, -0.05) is 19.9 Å². The van der Waals surface area contributed by atoms with E-state index in [1.54, 1.807) is 0 Å². The molecule has 0 bridgehead atoms. The van der Waals surface area contributed by atoms with Gasteiger partial charge in [0.2, 0.25) is 0 Å². The summed E-state index contributed by atoms with van der Waals surface area (Å²) in [6.07, 6.45) is 0. The predicted molar refractivity (Wildman–Crippen MR) is 56.9 cm³/mol. The molecule has 0 fully saturated rings. The van der Waals surface area contributed by atoms with Gasteiger partial charge in [0.05, 0.1) is 19.8 Å². The molecule has 1 aromatic carbocycles. The van der Waals surface area contributed by atoms with Crippen LogP contribution in [0.5, 0.6) is 0 Å². The Labute approximate surface area is 93.9 Å². The Morgan fingerprint density at radius 1 is 1.25 bits per heavy atom. The van der Waals surface area contributed by atoms with E-state index >= 15 is 0 Å². The van der Waals surface area contributed by atoms with Crippen molar-refractivity contribution in [3.63, 3.8) is 0 Å². The zero-order chi connectivity index (χ0) is 12.2. The number of ether oxygens (including phenoxy) is 1. The van der Waals surface area contributed by atoms with Crippen LogP contribution in [0.15, 0.2) is 18.2 Å². The molecule has 0 aliphatic heterocycles. The van der Waals surface area contributed by atoms with E-state index in [-0.39, 0.29) is 18.6 Å². The monoisotopic (exact) mass is 230 g/mol. The first-order valence-corrected chi connectivity index (χ1v) is 5.07. The molecule has 0 saturated carbocycles. The first kappa shape index (κ1) is 13.1. The van der Waals surface area contributed by atoms with E-state index in [4.69, 9.17) is 9.84 Å². The smallest absolute Gasteiger partial charge is 0.159 e. The number of benzene rings is 1. The van der Waals surface area contributed by atoms with Gasteiger partial charge < -0.3 is 9.84 Å². The summed E-state index contributed by atoms with van der Waals surface area (Å²) >= 11 is 0. The summed E-state index contributed by atoms with van der Waals surface area (Å²) in [5.41, 5.74) is 0.256. The van der Waals surface area contributed by atoms with Crippen LogP contribution in [-0.4, -0.2) is 18.3 Å². The average Bonchev–Trinajstić information content (AvgIpc) is 2.23. The lowest BCUT2D eigenvalue weighted by Crippen LogP contribution is -2.23. The fraction of sp³-hybridized carbons (Fsp3) is 0.500. The lowest BCUT2D eigenvalue weighted by atomic mass is 9.97. The summed E-state index contributed by atoms with van der Waals surface area (Å²) in [5, 5.41) is 8.98. The highest BCUT2D eigenvalue weighted by Crippen LogP contribution is 2.15. The number of aliphatic hydroxyl groups excluding tert-OH is 1. The summed E-state index contributed by atoms with van der Waals surface area (Å²) in [6, 6.07) is 3.66. The maximum absolute atomic E-state index is 12.8. The maximum atomic E-state index is 12.8. The third-order valence-corrected chi connectivity index (χ3v) is 2.17.